The van der Waals surface area contributed by atoms with E-state index in [9.17, 15) is 13.2 Å². The predicted molar refractivity (Wildman–Crippen MR) is 93.9 cm³/mol. The van der Waals surface area contributed by atoms with Crippen molar-refractivity contribution in [2.45, 2.75) is 10.9 Å². The summed E-state index contributed by atoms with van der Waals surface area (Å²) in [7, 11) is -0.368. The van der Waals surface area contributed by atoms with Gasteiger partial charge in [-0.1, -0.05) is 24.3 Å². The lowest BCUT2D eigenvalue weighted by Crippen LogP contribution is -2.42. The van der Waals surface area contributed by atoms with E-state index >= 15 is 0 Å². The SMILES string of the molecule is CN(C)c1cccc2cccc(S(=O)(=O)NC(CS)C(=O)O)c12. The Kier molecular flexibility index (Phi) is 5.18. The molecule has 8 heteroatoms. The first kappa shape index (κ1) is 17.6. The molecule has 0 spiro atoms. The second-order valence-electron chi connectivity index (χ2n) is 5.22. The second-order valence-corrected chi connectivity index (χ2v) is 7.27. The van der Waals surface area contributed by atoms with Gasteiger partial charge >= 0.3 is 5.97 Å². The van der Waals surface area contributed by atoms with Crippen LogP contribution in [0.25, 0.3) is 10.8 Å². The van der Waals surface area contributed by atoms with Crippen LogP contribution in [0.2, 0.25) is 0 Å². The van der Waals surface area contributed by atoms with Crippen LogP contribution >= 0.6 is 12.6 Å². The molecule has 0 saturated heterocycles. The Morgan fingerprint density at radius 1 is 1.26 bits per heavy atom. The summed E-state index contributed by atoms with van der Waals surface area (Å²) in [4.78, 5) is 13.0. The standard InChI is InChI=1S/C15H18N2O4S2/c1-17(2)12-7-3-5-10-6-4-8-13(14(10)12)23(20,21)16-11(9-22)15(18)19/h3-8,11,16,22H,9H2,1-2H3,(H,18,19). The molecule has 0 heterocycles. The summed E-state index contributed by atoms with van der Waals surface area (Å²) in [6.45, 7) is 0. The first-order valence-corrected chi connectivity index (χ1v) is 8.94. The molecule has 23 heavy (non-hydrogen) atoms. The molecule has 2 N–H and O–H groups in total. The van der Waals surface area contributed by atoms with Gasteiger partial charge in [0, 0.05) is 30.9 Å². The maximum Gasteiger partial charge on any atom is 0.322 e. The molecule has 0 aliphatic carbocycles. The van der Waals surface area contributed by atoms with Gasteiger partial charge in [-0.25, -0.2) is 8.42 Å². The number of carboxylic acid groups (broad SMARTS) is 1. The molecule has 0 aromatic heterocycles. The third kappa shape index (κ3) is 3.60. The van der Waals surface area contributed by atoms with Gasteiger partial charge in [0.25, 0.3) is 0 Å². The van der Waals surface area contributed by atoms with Crippen LogP contribution in [0.15, 0.2) is 41.3 Å². The van der Waals surface area contributed by atoms with Crippen molar-refractivity contribution in [3.63, 3.8) is 0 Å². The van der Waals surface area contributed by atoms with Gasteiger partial charge < -0.3 is 10.0 Å². The molecule has 2 rings (SSSR count). The van der Waals surface area contributed by atoms with Crippen molar-refractivity contribution >= 4 is 45.1 Å². The van der Waals surface area contributed by atoms with E-state index in [-0.39, 0.29) is 10.6 Å². The number of carboxylic acids is 1. The number of anilines is 1. The summed E-state index contributed by atoms with van der Waals surface area (Å²) in [5.41, 5.74) is 0.737. The third-order valence-electron chi connectivity index (χ3n) is 3.39. The molecule has 124 valence electrons. The zero-order valence-corrected chi connectivity index (χ0v) is 14.4. The van der Waals surface area contributed by atoms with Gasteiger partial charge in [-0.3, -0.25) is 4.79 Å². The summed E-state index contributed by atoms with van der Waals surface area (Å²) in [6, 6.07) is 9.10. The first-order chi connectivity index (χ1) is 10.8. The van der Waals surface area contributed by atoms with E-state index in [2.05, 4.69) is 17.4 Å². The monoisotopic (exact) mass is 354 g/mol. The average Bonchev–Trinajstić information content (AvgIpc) is 2.50. The summed E-state index contributed by atoms with van der Waals surface area (Å²) in [5, 5.41) is 10.4. The largest absolute Gasteiger partial charge is 0.480 e. The van der Waals surface area contributed by atoms with Gasteiger partial charge in [0.2, 0.25) is 10.0 Å². The Labute approximate surface area is 140 Å². The highest BCUT2D eigenvalue weighted by Crippen LogP contribution is 2.31. The maximum absolute atomic E-state index is 12.7. The van der Waals surface area contributed by atoms with E-state index in [1.807, 2.05) is 43.3 Å². The Morgan fingerprint density at radius 2 is 1.87 bits per heavy atom. The Balaban J connectivity index is 2.65. The number of sulfonamides is 1. The lowest BCUT2D eigenvalue weighted by Gasteiger charge is -2.19. The highest BCUT2D eigenvalue weighted by Gasteiger charge is 2.26. The van der Waals surface area contributed by atoms with Crippen LogP contribution < -0.4 is 9.62 Å². The zero-order chi connectivity index (χ0) is 17.2. The molecule has 0 saturated carbocycles. The quantitative estimate of drug-likeness (QED) is 0.686. The smallest absolute Gasteiger partial charge is 0.322 e. The van der Waals surface area contributed by atoms with Gasteiger partial charge in [0.05, 0.1) is 4.90 Å². The Morgan fingerprint density at radius 3 is 2.39 bits per heavy atom. The number of hydrogen-bond acceptors (Lipinski definition) is 5. The van der Waals surface area contributed by atoms with Crippen molar-refractivity contribution in [2.75, 3.05) is 24.7 Å². The van der Waals surface area contributed by atoms with E-state index in [1.165, 1.54) is 6.07 Å². The molecule has 1 atom stereocenters. The molecule has 2 aromatic rings. The number of benzene rings is 2. The van der Waals surface area contributed by atoms with Gasteiger partial charge in [-0.15, -0.1) is 0 Å². The number of nitrogens with zero attached hydrogens (tertiary/aromatic N) is 1. The number of aliphatic carboxylic acids is 1. The van der Waals surface area contributed by atoms with Crippen LogP contribution in [0.1, 0.15) is 0 Å². The molecule has 6 nitrogen and oxygen atoms in total. The molecule has 2 aromatic carbocycles. The highest BCUT2D eigenvalue weighted by molar-refractivity contribution is 7.89. The minimum absolute atomic E-state index is 0.0485. The average molecular weight is 354 g/mol. The summed E-state index contributed by atoms with van der Waals surface area (Å²) in [6.07, 6.45) is 0. The molecule has 0 radical (unpaired) electrons. The fourth-order valence-electron chi connectivity index (χ4n) is 2.30. The normalized spacial score (nSPS) is 13.0. The molecule has 0 aliphatic heterocycles. The maximum atomic E-state index is 12.7. The van der Waals surface area contributed by atoms with Gasteiger partial charge in [-0.2, -0.15) is 17.4 Å². The second kappa shape index (κ2) is 6.77. The number of rotatable bonds is 6. The lowest BCUT2D eigenvalue weighted by molar-refractivity contribution is -0.138. The van der Waals surface area contributed by atoms with Crippen molar-refractivity contribution in [3.8, 4) is 0 Å². The van der Waals surface area contributed by atoms with E-state index in [4.69, 9.17) is 5.11 Å². The minimum Gasteiger partial charge on any atom is -0.480 e. The first-order valence-electron chi connectivity index (χ1n) is 6.83. The van der Waals surface area contributed by atoms with Gasteiger partial charge in [-0.05, 0) is 17.5 Å². The lowest BCUT2D eigenvalue weighted by atomic mass is 10.1. The van der Waals surface area contributed by atoms with Crippen LogP contribution in [0.3, 0.4) is 0 Å². The molecule has 0 aliphatic rings. The molecular formula is C15H18N2O4S2. The van der Waals surface area contributed by atoms with Crippen LogP contribution in [0.5, 0.6) is 0 Å². The minimum atomic E-state index is -4.01. The number of carbonyl (C=O) groups is 1. The molecule has 0 amide bonds. The molecule has 0 bridgehead atoms. The van der Waals surface area contributed by atoms with Crippen LogP contribution in [-0.4, -0.2) is 45.4 Å². The molecular weight excluding hydrogens is 336 g/mol. The molecule has 0 fully saturated rings. The molecule has 1 unspecified atom stereocenters. The number of hydrogen-bond donors (Lipinski definition) is 3. The fraction of sp³-hybridized carbons (Fsp3) is 0.267. The predicted octanol–water partition coefficient (Wildman–Crippen LogP) is 1.57. The van der Waals surface area contributed by atoms with E-state index < -0.39 is 22.0 Å². The Bertz CT molecular complexity index is 829. The summed E-state index contributed by atoms with van der Waals surface area (Å²) in [5.74, 6) is -1.41. The van der Waals surface area contributed by atoms with E-state index in [0.29, 0.717) is 5.39 Å². The van der Waals surface area contributed by atoms with Gasteiger partial charge in [0.15, 0.2) is 0 Å². The van der Waals surface area contributed by atoms with E-state index in [1.54, 1.807) is 6.07 Å². The highest BCUT2D eigenvalue weighted by atomic mass is 32.2. The third-order valence-corrected chi connectivity index (χ3v) is 5.27. The Hall–Kier alpha value is -1.77. The topological polar surface area (TPSA) is 86.7 Å². The summed E-state index contributed by atoms with van der Waals surface area (Å²) < 4.78 is 27.5. The van der Waals surface area contributed by atoms with Crippen LogP contribution in [-0.2, 0) is 14.8 Å². The van der Waals surface area contributed by atoms with Crippen molar-refractivity contribution in [3.05, 3.63) is 36.4 Å². The van der Waals surface area contributed by atoms with Crippen molar-refractivity contribution in [1.82, 2.24) is 4.72 Å². The van der Waals surface area contributed by atoms with E-state index in [0.717, 1.165) is 11.1 Å². The van der Waals surface area contributed by atoms with Crippen molar-refractivity contribution in [1.29, 1.82) is 0 Å². The fourth-order valence-corrected chi connectivity index (χ4v) is 4.11. The number of thiol groups is 1. The summed E-state index contributed by atoms with van der Waals surface area (Å²) >= 11 is 3.89. The van der Waals surface area contributed by atoms with Crippen LogP contribution in [0, 0.1) is 0 Å². The number of fused-ring (bicyclic) bond motifs is 1. The number of nitrogens with one attached hydrogen (secondary N) is 1. The van der Waals surface area contributed by atoms with Gasteiger partial charge in [0.1, 0.15) is 6.04 Å². The van der Waals surface area contributed by atoms with Crippen molar-refractivity contribution in [2.24, 2.45) is 0 Å². The van der Waals surface area contributed by atoms with Crippen molar-refractivity contribution < 1.29 is 18.3 Å². The zero-order valence-electron chi connectivity index (χ0n) is 12.7. The van der Waals surface area contributed by atoms with Crippen LogP contribution in [0.4, 0.5) is 5.69 Å².